The predicted molar refractivity (Wildman–Crippen MR) is 156 cm³/mol. The molecule has 0 amide bonds. The Bertz CT molecular complexity index is 1780. The Hall–Kier alpha value is -3.90. The fourth-order valence-electron chi connectivity index (χ4n) is 4.66. The highest BCUT2D eigenvalue weighted by Crippen LogP contribution is 2.40. The summed E-state index contributed by atoms with van der Waals surface area (Å²) in [7, 11) is 0. The first-order valence-electron chi connectivity index (χ1n) is 11.9. The number of rotatable bonds is 4. The Morgan fingerprint density at radius 2 is 1.21 bits per heavy atom. The van der Waals surface area contributed by atoms with Gasteiger partial charge in [0.1, 0.15) is 5.76 Å². The summed E-state index contributed by atoms with van der Waals surface area (Å²) >= 11 is 18.3. The molecule has 0 spiro atoms. The van der Waals surface area contributed by atoms with Crippen molar-refractivity contribution >= 4 is 41.2 Å². The fourth-order valence-corrected chi connectivity index (χ4v) is 5.29. The summed E-state index contributed by atoms with van der Waals surface area (Å²) in [6, 6.07) is 34.1. The number of allylic oxidation sites excluding steroid dienone is 1. The highest BCUT2D eigenvalue weighted by atomic mass is 35.5. The Morgan fingerprint density at radius 1 is 0.684 bits per heavy atom. The van der Waals surface area contributed by atoms with Crippen LogP contribution in [0.2, 0.25) is 10.0 Å². The van der Waals surface area contributed by atoms with E-state index in [1.165, 1.54) is 4.57 Å². The third-order valence-electron chi connectivity index (χ3n) is 6.47. The second kappa shape index (κ2) is 10.1. The molecule has 7 heteroatoms. The van der Waals surface area contributed by atoms with Crippen LogP contribution in [0.5, 0.6) is 5.88 Å². The zero-order valence-electron chi connectivity index (χ0n) is 19.9. The molecule has 4 aromatic carbocycles. The van der Waals surface area contributed by atoms with Crippen LogP contribution in [0.3, 0.4) is 0 Å². The van der Waals surface area contributed by atoms with E-state index in [-0.39, 0.29) is 16.2 Å². The van der Waals surface area contributed by atoms with Crippen molar-refractivity contribution in [3.8, 4) is 17.3 Å². The molecular weight excluding hydrogens is 535 g/mol. The monoisotopic (exact) mass is 554 g/mol. The van der Waals surface area contributed by atoms with Gasteiger partial charge in [-0.25, -0.2) is 0 Å². The summed E-state index contributed by atoms with van der Waals surface area (Å²) in [5.41, 5.74) is 3.42. The van der Waals surface area contributed by atoms with Gasteiger partial charge in [-0.05, 0) is 72.4 Å². The van der Waals surface area contributed by atoms with Crippen LogP contribution < -0.4 is 10.3 Å². The number of halogens is 2. The molecule has 186 valence electrons. The molecule has 1 atom stereocenters. The van der Waals surface area contributed by atoms with Crippen molar-refractivity contribution in [2.24, 2.45) is 0 Å². The molecule has 0 radical (unpaired) electrons. The van der Waals surface area contributed by atoms with Gasteiger partial charge in [-0.2, -0.15) is 0 Å². The number of hydrogen-bond acceptors (Lipinski definition) is 3. The van der Waals surface area contributed by atoms with E-state index in [4.69, 9.17) is 40.2 Å². The molecule has 0 saturated carbocycles. The van der Waals surface area contributed by atoms with Gasteiger partial charge in [0.05, 0.1) is 16.9 Å². The predicted octanol–water partition coefficient (Wildman–Crippen LogP) is 8.23. The number of fused-ring (bicyclic) bond motifs is 1. The van der Waals surface area contributed by atoms with E-state index in [1.54, 1.807) is 41.0 Å². The van der Waals surface area contributed by atoms with Crippen molar-refractivity contribution in [2.45, 2.75) is 5.92 Å². The summed E-state index contributed by atoms with van der Waals surface area (Å²) in [6.07, 6.45) is 2.00. The lowest BCUT2D eigenvalue weighted by atomic mass is 9.89. The Labute approximate surface area is 234 Å². The van der Waals surface area contributed by atoms with Crippen molar-refractivity contribution in [3.05, 3.63) is 157 Å². The van der Waals surface area contributed by atoms with E-state index in [9.17, 15) is 4.79 Å². The molecule has 5 aromatic rings. The summed E-state index contributed by atoms with van der Waals surface area (Å²) in [6.45, 7) is 0. The summed E-state index contributed by atoms with van der Waals surface area (Å²) < 4.78 is 10.1. The van der Waals surface area contributed by atoms with Crippen LogP contribution in [0, 0.1) is 4.77 Å². The minimum absolute atomic E-state index is 0.255. The van der Waals surface area contributed by atoms with E-state index >= 15 is 0 Å². The SMILES string of the molecule is O=c1c2c(n(-c3ccc(Cl)cc3)c(=S)n1-c1ccc(Cl)cc1)OC(c1ccccc1)=CC2c1ccccc1. The highest BCUT2D eigenvalue weighted by molar-refractivity contribution is 7.71. The molecule has 2 heterocycles. The normalized spacial score (nSPS) is 14.4. The molecule has 1 aromatic heterocycles. The molecule has 0 aliphatic carbocycles. The van der Waals surface area contributed by atoms with Crippen molar-refractivity contribution in [1.82, 2.24) is 9.13 Å². The van der Waals surface area contributed by atoms with Crippen LogP contribution in [0.4, 0.5) is 0 Å². The van der Waals surface area contributed by atoms with Crippen LogP contribution in [0.15, 0.2) is 120 Å². The van der Waals surface area contributed by atoms with Crippen molar-refractivity contribution in [2.75, 3.05) is 0 Å². The minimum Gasteiger partial charge on any atom is -0.440 e. The molecule has 0 bridgehead atoms. The van der Waals surface area contributed by atoms with Crippen LogP contribution in [0.25, 0.3) is 17.1 Å². The van der Waals surface area contributed by atoms with Gasteiger partial charge in [0, 0.05) is 21.5 Å². The number of ether oxygens (including phenoxy) is 1. The van der Waals surface area contributed by atoms with Gasteiger partial charge < -0.3 is 4.74 Å². The summed E-state index contributed by atoms with van der Waals surface area (Å²) in [5.74, 6) is 0.644. The maximum atomic E-state index is 14.3. The standard InChI is InChI=1S/C31H20Cl2N2O2S/c32-22-11-15-24(16-12-22)34-29(36)28-26(20-7-3-1-4-8-20)19-27(21-9-5-2-6-10-21)37-30(28)35(31(34)38)25-17-13-23(33)14-18-25/h1-19,26H. The summed E-state index contributed by atoms with van der Waals surface area (Å²) in [4.78, 5) is 14.3. The lowest BCUT2D eigenvalue weighted by molar-refractivity contribution is 0.446. The quantitative estimate of drug-likeness (QED) is 0.210. The van der Waals surface area contributed by atoms with Gasteiger partial charge in [-0.3, -0.25) is 13.9 Å². The first-order chi connectivity index (χ1) is 18.5. The van der Waals surface area contributed by atoms with E-state index in [0.29, 0.717) is 32.9 Å². The average molecular weight is 555 g/mol. The molecule has 1 aliphatic heterocycles. The van der Waals surface area contributed by atoms with Crippen molar-refractivity contribution < 1.29 is 4.74 Å². The molecule has 4 nitrogen and oxygen atoms in total. The van der Waals surface area contributed by atoms with E-state index in [2.05, 4.69) is 0 Å². The Kier molecular flexibility index (Phi) is 6.50. The van der Waals surface area contributed by atoms with E-state index in [0.717, 1.165) is 16.8 Å². The van der Waals surface area contributed by atoms with E-state index in [1.807, 2.05) is 78.9 Å². The van der Waals surface area contributed by atoms with Crippen LogP contribution in [-0.2, 0) is 0 Å². The molecule has 0 saturated heterocycles. The molecule has 0 N–H and O–H groups in total. The van der Waals surface area contributed by atoms with Gasteiger partial charge >= 0.3 is 0 Å². The van der Waals surface area contributed by atoms with Crippen LogP contribution in [0.1, 0.15) is 22.6 Å². The molecule has 0 fully saturated rings. The minimum atomic E-state index is -0.379. The van der Waals surface area contributed by atoms with Crippen molar-refractivity contribution in [1.29, 1.82) is 0 Å². The molecule has 6 rings (SSSR count). The lowest BCUT2D eigenvalue weighted by Gasteiger charge is -2.29. The molecular formula is C31H20Cl2N2O2S. The summed E-state index contributed by atoms with van der Waals surface area (Å²) in [5, 5.41) is 1.16. The van der Waals surface area contributed by atoms with Gasteiger partial charge in [-0.15, -0.1) is 0 Å². The van der Waals surface area contributed by atoms with Gasteiger partial charge in [0.15, 0.2) is 4.77 Å². The third kappa shape index (κ3) is 4.39. The van der Waals surface area contributed by atoms with Gasteiger partial charge in [0.25, 0.3) is 5.56 Å². The first kappa shape index (κ1) is 24.4. The third-order valence-corrected chi connectivity index (χ3v) is 7.34. The van der Waals surface area contributed by atoms with E-state index < -0.39 is 0 Å². The lowest BCUT2D eigenvalue weighted by Crippen LogP contribution is -2.31. The zero-order chi connectivity index (χ0) is 26.2. The Morgan fingerprint density at radius 3 is 1.79 bits per heavy atom. The smallest absolute Gasteiger partial charge is 0.266 e. The van der Waals surface area contributed by atoms with Crippen LogP contribution >= 0.6 is 35.4 Å². The second-order valence-electron chi connectivity index (χ2n) is 8.82. The number of nitrogens with zero attached hydrogens (tertiary/aromatic N) is 2. The highest BCUT2D eigenvalue weighted by Gasteiger charge is 2.32. The number of aromatic nitrogens is 2. The zero-order valence-corrected chi connectivity index (χ0v) is 22.3. The molecule has 38 heavy (non-hydrogen) atoms. The van der Waals surface area contributed by atoms with Gasteiger partial charge in [-0.1, -0.05) is 83.9 Å². The van der Waals surface area contributed by atoms with Gasteiger partial charge in [0.2, 0.25) is 5.88 Å². The fraction of sp³-hybridized carbons (Fsp3) is 0.0323. The number of hydrogen-bond donors (Lipinski definition) is 0. The average Bonchev–Trinajstić information content (AvgIpc) is 2.95. The van der Waals surface area contributed by atoms with Crippen LogP contribution in [-0.4, -0.2) is 9.13 Å². The second-order valence-corrected chi connectivity index (χ2v) is 10.1. The molecule has 1 unspecified atom stereocenters. The maximum absolute atomic E-state index is 14.3. The maximum Gasteiger partial charge on any atom is 0.266 e. The largest absolute Gasteiger partial charge is 0.440 e. The number of benzene rings is 4. The Balaban J connectivity index is 1.71. The first-order valence-corrected chi connectivity index (χ1v) is 13.1. The van der Waals surface area contributed by atoms with Crippen molar-refractivity contribution in [3.63, 3.8) is 0 Å². The molecule has 1 aliphatic rings. The topological polar surface area (TPSA) is 36.2 Å².